The number of rotatable bonds is 3. The van der Waals surface area contributed by atoms with E-state index in [0.29, 0.717) is 30.1 Å². The van der Waals surface area contributed by atoms with Crippen LogP contribution in [0.2, 0.25) is 0 Å². The van der Waals surface area contributed by atoms with Crippen molar-refractivity contribution in [1.29, 1.82) is 0 Å². The molecule has 2 heterocycles. The predicted molar refractivity (Wildman–Crippen MR) is 80.0 cm³/mol. The molecule has 2 aliphatic rings. The van der Waals surface area contributed by atoms with Crippen LogP contribution in [0.4, 0.5) is 8.78 Å². The van der Waals surface area contributed by atoms with Crippen LogP contribution in [0.3, 0.4) is 0 Å². The smallest absolute Gasteiger partial charge is 0.127 e. The SMILES string of the molecule is CC(C)C1CN2CCCC2CN1Cc1cc(F)ccc1F. The molecule has 2 saturated heterocycles. The molecule has 4 heteroatoms. The normalized spacial score (nSPS) is 27.3. The molecule has 2 atom stereocenters. The molecule has 2 nitrogen and oxygen atoms in total. The maximum Gasteiger partial charge on any atom is 0.127 e. The lowest BCUT2D eigenvalue weighted by molar-refractivity contribution is 0.0232. The summed E-state index contributed by atoms with van der Waals surface area (Å²) in [5.74, 6) is -0.136. The molecule has 116 valence electrons. The molecule has 0 amide bonds. The van der Waals surface area contributed by atoms with E-state index in [-0.39, 0.29) is 11.6 Å². The third kappa shape index (κ3) is 3.11. The average Bonchev–Trinajstić information content (AvgIpc) is 2.89. The van der Waals surface area contributed by atoms with E-state index in [9.17, 15) is 8.78 Å². The number of nitrogens with zero attached hydrogens (tertiary/aromatic N) is 2. The second-order valence-electron chi connectivity index (χ2n) is 6.77. The fourth-order valence-electron chi connectivity index (χ4n) is 3.80. The van der Waals surface area contributed by atoms with Crippen LogP contribution >= 0.6 is 0 Å². The minimum absolute atomic E-state index is 0.298. The average molecular weight is 294 g/mol. The highest BCUT2D eigenvalue weighted by Crippen LogP contribution is 2.29. The molecule has 0 radical (unpaired) electrons. The first-order valence-corrected chi connectivity index (χ1v) is 7.96. The van der Waals surface area contributed by atoms with Crippen molar-refractivity contribution in [3.63, 3.8) is 0 Å². The summed E-state index contributed by atoms with van der Waals surface area (Å²) < 4.78 is 27.3. The maximum atomic E-state index is 13.9. The van der Waals surface area contributed by atoms with E-state index in [1.165, 1.54) is 37.6 Å². The lowest BCUT2D eigenvalue weighted by atomic mass is 9.96. The summed E-state index contributed by atoms with van der Waals surface area (Å²) >= 11 is 0. The Morgan fingerprint density at radius 2 is 2.05 bits per heavy atom. The quantitative estimate of drug-likeness (QED) is 0.844. The highest BCUT2D eigenvalue weighted by Gasteiger charge is 2.37. The summed E-state index contributed by atoms with van der Waals surface area (Å²) in [4.78, 5) is 4.93. The van der Waals surface area contributed by atoms with Crippen LogP contribution in [-0.4, -0.2) is 41.5 Å². The summed E-state index contributed by atoms with van der Waals surface area (Å²) in [6.07, 6.45) is 2.49. The van der Waals surface area contributed by atoms with Crippen molar-refractivity contribution in [2.24, 2.45) is 5.92 Å². The van der Waals surface area contributed by atoms with Crippen molar-refractivity contribution < 1.29 is 8.78 Å². The molecule has 0 aliphatic carbocycles. The van der Waals surface area contributed by atoms with Gasteiger partial charge in [0.2, 0.25) is 0 Å². The van der Waals surface area contributed by atoms with Crippen LogP contribution in [0.25, 0.3) is 0 Å². The van der Waals surface area contributed by atoms with E-state index in [2.05, 4.69) is 23.6 Å². The van der Waals surface area contributed by atoms with Gasteiger partial charge >= 0.3 is 0 Å². The van der Waals surface area contributed by atoms with E-state index in [0.717, 1.165) is 13.1 Å². The van der Waals surface area contributed by atoms with Crippen LogP contribution in [0.5, 0.6) is 0 Å². The fourth-order valence-corrected chi connectivity index (χ4v) is 3.80. The van der Waals surface area contributed by atoms with Crippen LogP contribution in [0, 0.1) is 17.6 Å². The number of benzene rings is 1. The molecule has 0 N–H and O–H groups in total. The highest BCUT2D eigenvalue weighted by molar-refractivity contribution is 5.19. The fraction of sp³-hybridized carbons (Fsp3) is 0.647. The highest BCUT2D eigenvalue weighted by atomic mass is 19.1. The summed E-state index contributed by atoms with van der Waals surface area (Å²) in [6.45, 7) is 8.16. The van der Waals surface area contributed by atoms with Crippen LogP contribution < -0.4 is 0 Å². The largest absolute Gasteiger partial charge is 0.298 e. The minimum atomic E-state index is -0.355. The number of halogens is 2. The molecule has 0 spiro atoms. The first-order chi connectivity index (χ1) is 10.0. The Labute approximate surface area is 125 Å². The predicted octanol–water partition coefficient (Wildman–Crippen LogP) is 3.27. The number of hydrogen-bond donors (Lipinski definition) is 0. The summed E-state index contributed by atoms with van der Waals surface area (Å²) in [7, 11) is 0. The van der Waals surface area contributed by atoms with Gasteiger partial charge in [-0.1, -0.05) is 13.8 Å². The van der Waals surface area contributed by atoms with Gasteiger partial charge < -0.3 is 0 Å². The zero-order valence-corrected chi connectivity index (χ0v) is 12.9. The third-order valence-corrected chi connectivity index (χ3v) is 4.99. The molecule has 0 bridgehead atoms. The maximum absolute atomic E-state index is 13.9. The van der Waals surface area contributed by atoms with Gasteiger partial charge in [0.05, 0.1) is 0 Å². The number of fused-ring (bicyclic) bond motifs is 1. The molecule has 1 aromatic carbocycles. The first-order valence-electron chi connectivity index (χ1n) is 7.96. The molecule has 0 saturated carbocycles. The van der Waals surface area contributed by atoms with Gasteiger partial charge in [0.1, 0.15) is 11.6 Å². The van der Waals surface area contributed by atoms with Crippen molar-refractivity contribution in [2.75, 3.05) is 19.6 Å². The van der Waals surface area contributed by atoms with Crippen molar-refractivity contribution >= 4 is 0 Å². The molecular formula is C17H24F2N2. The zero-order valence-electron chi connectivity index (χ0n) is 12.9. The Kier molecular flexibility index (Phi) is 4.27. The monoisotopic (exact) mass is 294 g/mol. The van der Waals surface area contributed by atoms with Gasteiger partial charge in [0.15, 0.2) is 0 Å². The van der Waals surface area contributed by atoms with Gasteiger partial charge in [0.25, 0.3) is 0 Å². The van der Waals surface area contributed by atoms with Gasteiger partial charge in [-0.3, -0.25) is 9.80 Å². The molecule has 0 aromatic heterocycles. The molecule has 3 rings (SSSR count). The standard InChI is InChI=1S/C17H24F2N2/c1-12(2)17-11-20-7-3-4-15(20)10-21(17)9-13-8-14(18)5-6-16(13)19/h5-6,8,12,15,17H,3-4,7,9-11H2,1-2H3. The van der Waals surface area contributed by atoms with Gasteiger partial charge in [0, 0.05) is 37.3 Å². The van der Waals surface area contributed by atoms with Crippen molar-refractivity contribution in [2.45, 2.75) is 45.3 Å². The molecule has 21 heavy (non-hydrogen) atoms. The van der Waals surface area contributed by atoms with Crippen LogP contribution in [0.1, 0.15) is 32.3 Å². The Morgan fingerprint density at radius 3 is 2.81 bits per heavy atom. The van der Waals surface area contributed by atoms with Crippen molar-refractivity contribution in [3.05, 3.63) is 35.4 Å². The Hall–Kier alpha value is -1.00. The van der Waals surface area contributed by atoms with Crippen molar-refractivity contribution in [3.8, 4) is 0 Å². The van der Waals surface area contributed by atoms with E-state index >= 15 is 0 Å². The van der Waals surface area contributed by atoms with E-state index in [1.807, 2.05) is 0 Å². The summed E-state index contributed by atoms with van der Waals surface area (Å²) in [6, 6.07) is 4.78. The molecular weight excluding hydrogens is 270 g/mol. The van der Waals surface area contributed by atoms with E-state index in [4.69, 9.17) is 0 Å². The van der Waals surface area contributed by atoms with Gasteiger partial charge in [-0.25, -0.2) is 8.78 Å². The van der Waals surface area contributed by atoms with Crippen LogP contribution in [0.15, 0.2) is 18.2 Å². The molecule has 1 aromatic rings. The topological polar surface area (TPSA) is 6.48 Å². The zero-order chi connectivity index (χ0) is 15.0. The minimum Gasteiger partial charge on any atom is -0.298 e. The lowest BCUT2D eigenvalue weighted by Crippen LogP contribution is -2.57. The molecule has 2 aliphatic heterocycles. The Bertz CT molecular complexity index is 504. The van der Waals surface area contributed by atoms with E-state index in [1.54, 1.807) is 0 Å². The van der Waals surface area contributed by atoms with Crippen molar-refractivity contribution in [1.82, 2.24) is 9.80 Å². The Morgan fingerprint density at radius 1 is 1.24 bits per heavy atom. The molecule has 2 fully saturated rings. The van der Waals surface area contributed by atoms with Crippen LogP contribution in [-0.2, 0) is 6.54 Å². The van der Waals surface area contributed by atoms with Gasteiger partial charge in [-0.15, -0.1) is 0 Å². The molecule has 2 unspecified atom stereocenters. The number of hydrogen-bond acceptors (Lipinski definition) is 2. The number of piperazine rings is 1. The second-order valence-corrected chi connectivity index (χ2v) is 6.77. The van der Waals surface area contributed by atoms with Gasteiger partial charge in [-0.05, 0) is 43.5 Å². The van der Waals surface area contributed by atoms with Gasteiger partial charge in [-0.2, -0.15) is 0 Å². The van der Waals surface area contributed by atoms with E-state index < -0.39 is 0 Å². The summed E-state index contributed by atoms with van der Waals surface area (Å²) in [5.41, 5.74) is 0.479. The third-order valence-electron chi connectivity index (χ3n) is 4.99. The summed E-state index contributed by atoms with van der Waals surface area (Å²) in [5, 5.41) is 0. The lowest BCUT2D eigenvalue weighted by Gasteiger charge is -2.45. The Balaban J connectivity index is 1.79. The second kappa shape index (κ2) is 6.01. The first kappa shape index (κ1) is 14.9.